The normalized spacial score (nSPS) is 13.8. The maximum atomic E-state index is 12.8. The van der Waals surface area contributed by atoms with Crippen molar-refractivity contribution in [1.82, 2.24) is 4.90 Å². The van der Waals surface area contributed by atoms with Crippen molar-refractivity contribution in [2.24, 2.45) is 0 Å². The number of rotatable bonds is 8. The minimum atomic E-state index is -0.405. The fourth-order valence-corrected chi connectivity index (χ4v) is 3.25. The molecule has 0 bridgehead atoms. The van der Waals surface area contributed by atoms with Crippen LogP contribution in [0, 0.1) is 10.1 Å². The third-order valence-electron chi connectivity index (χ3n) is 4.92. The molecule has 0 radical (unpaired) electrons. The minimum absolute atomic E-state index is 0.00607. The Labute approximate surface area is 170 Å². The number of anilines is 1. The summed E-state index contributed by atoms with van der Waals surface area (Å²) in [5, 5.41) is 10.8. The van der Waals surface area contributed by atoms with Crippen LogP contribution in [0.5, 0.6) is 5.75 Å². The lowest BCUT2D eigenvalue weighted by Crippen LogP contribution is -2.48. The molecule has 0 spiro atoms. The van der Waals surface area contributed by atoms with Crippen LogP contribution < -0.4 is 9.64 Å². The number of carbonyl (C=O) groups is 1. The van der Waals surface area contributed by atoms with E-state index in [9.17, 15) is 14.9 Å². The van der Waals surface area contributed by atoms with Crippen molar-refractivity contribution >= 4 is 17.3 Å². The molecule has 1 saturated heterocycles. The highest BCUT2D eigenvalue weighted by molar-refractivity contribution is 5.94. The monoisotopic (exact) mass is 395 g/mol. The van der Waals surface area contributed by atoms with E-state index in [0.717, 1.165) is 24.3 Å². The highest BCUT2D eigenvalue weighted by Gasteiger charge is 2.22. The maximum Gasteiger partial charge on any atom is 0.269 e. The Morgan fingerprint density at radius 2 is 1.72 bits per heavy atom. The van der Waals surface area contributed by atoms with E-state index in [-0.39, 0.29) is 11.6 Å². The molecule has 0 N–H and O–H groups in total. The predicted octanol–water partition coefficient (Wildman–Crippen LogP) is 3.90. The Kier molecular flexibility index (Phi) is 6.84. The molecule has 1 aliphatic rings. The van der Waals surface area contributed by atoms with E-state index in [2.05, 4.69) is 11.5 Å². The van der Waals surface area contributed by atoms with Gasteiger partial charge in [-0.25, -0.2) is 0 Å². The van der Waals surface area contributed by atoms with Crippen molar-refractivity contribution < 1.29 is 14.5 Å². The van der Waals surface area contributed by atoms with Gasteiger partial charge in [-0.2, -0.15) is 0 Å². The molecular weight excluding hydrogens is 370 g/mol. The number of carbonyl (C=O) groups excluding carboxylic acids is 1. The molecule has 1 heterocycles. The zero-order valence-corrected chi connectivity index (χ0v) is 16.3. The number of amides is 1. The van der Waals surface area contributed by atoms with Gasteiger partial charge in [0.25, 0.3) is 11.6 Å². The fourth-order valence-electron chi connectivity index (χ4n) is 3.25. The topological polar surface area (TPSA) is 75.9 Å². The molecule has 1 aliphatic heterocycles. The van der Waals surface area contributed by atoms with Gasteiger partial charge in [0.15, 0.2) is 0 Å². The number of nitro groups is 1. The highest BCUT2D eigenvalue weighted by Crippen LogP contribution is 2.21. The summed E-state index contributed by atoms with van der Waals surface area (Å²) in [7, 11) is 0. The van der Waals surface area contributed by atoms with Crippen LogP contribution in [0.3, 0.4) is 0 Å². The van der Waals surface area contributed by atoms with E-state index in [1.54, 1.807) is 24.3 Å². The van der Waals surface area contributed by atoms with Crippen LogP contribution in [0.1, 0.15) is 23.2 Å². The first kappa shape index (κ1) is 20.4. The lowest BCUT2D eigenvalue weighted by molar-refractivity contribution is -0.384. The second kappa shape index (κ2) is 9.73. The molecule has 1 amide bonds. The number of piperazine rings is 1. The van der Waals surface area contributed by atoms with Gasteiger partial charge in [0.2, 0.25) is 0 Å². The number of ether oxygens (including phenoxy) is 1. The van der Waals surface area contributed by atoms with Gasteiger partial charge in [-0.05, 0) is 49.2 Å². The fraction of sp³-hybridized carbons (Fsp3) is 0.318. The van der Waals surface area contributed by atoms with Gasteiger partial charge in [-0.1, -0.05) is 6.08 Å². The van der Waals surface area contributed by atoms with Gasteiger partial charge < -0.3 is 14.5 Å². The molecule has 0 saturated carbocycles. The highest BCUT2D eigenvalue weighted by atomic mass is 16.6. The van der Waals surface area contributed by atoms with Crippen LogP contribution in [-0.4, -0.2) is 48.5 Å². The van der Waals surface area contributed by atoms with Gasteiger partial charge >= 0.3 is 0 Å². The largest absolute Gasteiger partial charge is 0.494 e. The van der Waals surface area contributed by atoms with Crippen molar-refractivity contribution in [3.8, 4) is 5.75 Å². The minimum Gasteiger partial charge on any atom is -0.494 e. The summed E-state index contributed by atoms with van der Waals surface area (Å²) in [6.07, 6.45) is 3.71. The Morgan fingerprint density at radius 1 is 1.07 bits per heavy atom. The molecule has 2 aromatic rings. The SMILES string of the molecule is C=CCCCOc1ccc(C(=O)N2CCN(c3ccc([N+](=O)[O-])cc3)CC2)cc1. The second-order valence-electron chi connectivity index (χ2n) is 6.86. The number of non-ortho nitro benzene ring substituents is 1. The van der Waals surface area contributed by atoms with Gasteiger partial charge in [-0.15, -0.1) is 6.58 Å². The van der Waals surface area contributed by atoms with Crippen molar-refractivity contribution in [3.63, 3.8) is 0 Å². The van der Waals surface area contributed by atoms with Crippen molar-refractivity contribution in [1.29, 1.82) is 0 Å². The van der Waals surface area contributed by atoms with Crippen LogP contribution in [0.2, 0.25) is 0 Å². The number of hydrogen-bond donors (Lipinski definition) is 0. The van der Waals surface area contributed by atoms with Gasteiger partial charge in [0.05, 0.1) is 11.5 Å². The molecule has 3 rings (SSSR count). The molecular formula is C22H25N3O4. The molecule has 0 atom stereocenters. The molecule has 7 nitrogen and oxygen atoms in total. The third kappa shape index (κ3) is 5.34. The van der Waals surface area contributed by atoms with Gasteiger partial charge in [0.1, 0.15) is 5.75 Å². The summed E-state index contributed by atoms with van der Waals surface area (Å²) in [5.74, 6) is 0.764. The molecule has 0 aromatic heterocycles. The lowest BCUT2D eigenvalue weighted by Gasteiger charge is -2.36. The number of hydrogen-bond acceptors (Lipinski definition) is 5. The Morgan fingerprint density at radius 3 is 2.31 bits per heavy atom. The summed E-state index contributed by atoms with van der Waals surface area (Å²) in [6, 6.07) is 13.8. The average molecular weight is 395 g/mol. The van der Waals surface area contributed by atoms with E-state index in [4.69, 9.17) is 4.74 Å². The molecule has 1 fully saturated rings. The van der Waals surface area contributed by atoms with Crippen molar-refractivity contribution in [2.75, 3.05) is 37.7 Å². The number of nitrogens with zero attached hydrogens (tertiary/aromatic N) is 3. The summed E-state index contributed by atoms with van der Waals surface area (Å²) in [5.41, 5.74) is 1.66. The van der Waals surface area contributed by atoms with Crippen LogP contribution in [0.15, 0.2) is 61.2 Å². The van der Waals surface area contributed by atoms with Crippen LogP contribution in [0.4, 0.5) is 11.4 Å². The number of unbranched alkanes of at least 4 members (excludes halogenated alkanes) is 1. The molecule has 0 aliphatic carbocycles. The van der Waals surface area contributed by atoms with E-state index >= 15 is 0 Å². The summed E-state index contributed by atoms with van der Waals surface area (Å²) in [4.78, 5) is 27.1. The quantitative estimate of drug-likeness (QED) is 0.293. The van der Waals surface area contributed by atoms with Crippen LogP contribution in [0.25, 0.3) is 0 Å². The van der Waals surface area contributed by atoms with Crippen molar-refractivity contribution in [3.05, 3.63) is 76.9 Å². The van der Waals surface area contributed by atoms with E-state index in [1.807, 2.05) is 23.1 Å². The molecule has 152 valence electrons. The molecule has 7 heteroatoms. The first-order valence-electron chi connectivity index (χ1n) is 9.71. The predicted molar refractivity (Wildman–Crippen MR) is 113 cm³/mol. The Hall–Kier alpha value is -3.35. The summed E-state index contributed by atoms with van der Waals surface area (Å²) < 4.78 is 5.65. The Balaban J connectivity index is 1.51. The summed E-state index contributed by atoms with van der Waals surface area (Å²) in [6.45, 7) is 6.91. The lowest BCUT2D eigenvalue weighted by atomic mass is 10.1. The van der Waals surface area contributed by atoms with Crippen LogP contribution in [-0.2, 0) is 0 Å². The number of allylic oxidation sites excluding steroid dienone is 1. The second-order valence-corrected chi connectivity index (χ2v) is 6.86. The van der Waals surface area contributed by atoms with E-state index in [1.165, 1.54) is 12.1 Å². The zero-order valence-electron chi connectivity index (χ0n) is 16.3. The smallest absolute Gasteiger partial charge is 0.269 e. The number of benzene rings is 2. The van der Waals surface area contributed by atoms with Gasteiger partial charge in [-0.3, -0.25) is 14.9 Å². The molecule has 0 unspecified atom stereocenters. The Bertz CT molecular complexity index is 841. The zero-order chi connectivity index (χ0) is 20.6. The third-order valence-corrected chi connectivity index (χ3v) is 4.92. The summed E-state index contributed by atoms with van der Waals surface area (Å²) >= 11 is 0. The van der Waals surface area contributed by atoms with E-state index < -0.39 is 4.92 Å². The van der Waals surface area contributed by atoms with Gasteiger partial charge in [0, 0.05) is 49.6 Å². The van der Waals surface area contributed by atoms with Crippen LogP contribution >= 0.6 is 0 Å². The first-order chi connectivity index (χ1) is 14.1. The van der Waals surface area contributed by atoms with E-state index in [0.29, 0.717) is 38.3 Å². The first-order valence-corrected chi connectivity index (χ1v) is 9.71. The molecule has 2 aromatic carbocycles. The van der Waals surface area contributed by atoms with Crippen molar-refractivity contribution in [2.45, 2.75) is 12.8 Å². The molecule has 29 heavy (non-hydrogen) atoms. The number of nitro benzene ring substituents is 1. The standard InChI is InChI=1S/C22H25N3O4/c1-2-3-4-17-29-21-11-5-18(6-12-21)22(26)24-15-13-23(14-16-24)19-7-9-20(10-8-19)25(27)28/h2,5-12H,1,3-4,13-17H2. The average Bonchev–Trinajstić information content (AvgIpc) is 2.77. The maximum absolute atomic E-state index is 12.8.